The van der Waals surface area contributed by atoms with Crippen molar-refractivity contribution >= 4 is 23.6 Å². The minimum atomic E-state index is -0.971. The Morgan fingerprint density at radius 1 is 0.967 bits per heavy atom. The van der Waals surface area contributed by atoms with Crippen molar-refractivity contribution in [2.45, 2.75) is 86.6 Å². The lowest BCUT2D eigenvalue weighted by Crippen LogP contribution is -2.45. The van der Waals surface area contributed by atoms with Crippen molar-refractivity contribution in [1.29, 1.82) is 0 Å². The van der Waals surface area contributed by atoms with E-state index in [9.17, 15) is 14.7 Å². The van der Waals surface area contributed by atoms with Crippen LogP contribution >= 0.6 is 11.8 Å². The number of hydrogen-bond donors (Lipinski definition) is 2. The molecular weight excluding hydrogens is 394 g/mol. The van der Waals surface area contributed by atoms with Crippen LogP contribution in [0, 0.1) is 11.8 Å². The van der Waals surface area contributed by atoms with Gasteiger partial charge in [-0.25, -0.2) is 4.79 Å². The third-order valence-electron chi connectivity index (χ3n) is 5.48. The molecule has 1 unspecified atom stereocenters. The summed E-state index contributed by atoms with van der Waals surface area (Å²) in [6.45, 7) is 14.5. The molecule has 0 aliphatic carbocycles. The van der Waals surface area contributed by atoms with Gasteiger partial charge < -0.3 is 10.4 Å². The summed E-state index contributed by atoms with van der Waals surface area (Å²) < 4.78 is 0. The van der Waals surface area contributed by atoms with Crippen molar-refractivity contribution in [2.75, 3.05) is 11.5 Å². The molecule has 0 bridgehead atoms. The van der Waals surface area contributed by atoms with Gasteiger partial charge in [-0.05, 0) is 59.3 Å². The third-order valence-corrected chi connectivity index (χ3v) is 6.45. The molecule has 0 aliphatic rings. The van der Waals surface area contributed by atoms with Gasteiger partial charge in [-0.1, -0.05) is 62.1 Å². The Morgan fingerprint density at radius 2 is 1.53 bits per heavy atom. The van der Waals surface area contributed by atoms with Gasteiger partial charge in [0, 0.05) is 17.4 Å². The Morgan fingerprint density at radius 3 is 2.07 bits per heavy atom. The summed E-state index contributed by atoms with van der Waals surface area (Å²) in [6, 6.07) is -0.839. The van der Waals surface area contributed by atoms with Crippen molar-refractivity contribution in [2.24, 2.45) is 11.8 Å². The topological polar surface area (TPSA) is 66.4 Å². The number of rotatable bonds is 15. The van der Waals surface area contributed by atoms with Gasteiger partial charge in [0.05, 0.1) is 0 Å². The zero-order chi connectivity index (χ0) is 23.1. The smallest absolute Gasteiger partial charge is 0.327 e. The number of allylic oxidation sites excluding steroid dienone is 5. The summed E-state index contributed by atoms with van der Waals surface area (Å²) >= 11 is 1.55. The maximum absolute atomic E-state index is 12.3. The minimum absolute atomic E-state index is 0.171. The van der Waals surface area contributed by atoms with Crippen LogP contribution in [0.1, 0.15) is 80.6 Å². The van der Waals surface area contributed by atoms with Crippen molar-refractivity contribution in [3.8, 4) is 0 Å². The number of carbonyl (C=O) groups excluding carboxylic acids is 1. The van der Waals surface area contributed by atoms with Crippen molar-refractivity contribution < 1.29 is 14.7 Å². The van der Waals surface area contributed by atoms with Gasteiger partial charge in [-0.2, -0.15) is 11.8 Å². The van der Waals surface area contributed by atoms with Gasteiger partial charge in [-0.15, -0.1) is 0 Å². The predicted octanol–water partition coefficient (Wildman–Crippen LogP) is 6.39. The molecule has 0 fully saturated rings. The summed E-state index contributed by atoms with van der Waals surface area (Å²) in [6.07, 6.45) is 11.9. The van der Waals surface area contributed by atoms with Crippen LogP contribution in [0.25, 0.3) is 0 Å². The van der Waals surface area contributed by atoms with Crippen LogP contribution in [0.2, 0.25) is 0 Å². The summed E-state index contributed by atoms with van der Waals surface area (Å²) in [5.74, 6) is 0.0551. The van der Waals surface area contributed by atoms with Crippen molar-refractivity contribution in [3.05, 3.63) is 34.9 Å². The highest BCUT2D eigenvalue weighted by Crippen LogP contribution is 2.16. The molecule has 0 spiro atoms. The van der Waals surface area contributed by atoms with E-state index in [1.54, 1.807) is 11.8 Å². The number of hydrogen-bond acceptors (Lipinski definition) is 3. The van der Waals surface area contributed by atoms with Crippen LogP contribution < -0.4 is 5.32 Å². The van der Waals surface area contributed by atoms with E-state index in [0.717, 1.165) is 37.9 Å². The normalized spacial score (nSPS) is 15.3. The number of thioether (sulfide) groups is 1. The van der Waals surface area contributed by atoms with Gasteiger partial charge in [0.2, 0.25) is 5.91 Å². The lowest BCUT2D eigenvalue weighted by Gasteiger charge is -2.21. The molecule has 0 aromatic rings. The molecule has 2 N–H and O–H groups in total. The molecule has 0 aromatic heterocycles. The number of nitrogens with one attached hydrogen (secondary N) is 1. The van der Waals surface area contributed by atoms with Crippen LogP contribution in [-0.2, 0) is 9.59 Å². The van der Waals surface area contributed by atoms with Gasteiger partial charge in [0.15, 0.2) is 0 Å². The molecule has 172 valence electrons. The molecule has 0 rings (SSSR count). The first kappa shape index (κ1) is 28.5. The second kappa shape index (κ2) is 16.2. The molecule has 0 saturated heterocycles. The Bertz CT molecular complexity index is 618. The highest BCUT2D eigenvalue weighted by Gasteiger charge is 2.25. The maximum Gasteiger partial charge on any atom is 0.327 e. The van der Waals surface area contributed by atoms with Gasteiger partial charge in [-0.3, -0.25) is 4.79 Å². The van der Waals surface area contributed by atoms with Gasteiger partial charge in [0.25, 0.3) is 0 Å². The molecule has 0 saturated carbocycles. The second-order valence-corrected chi connectivity index (χ2v) is 9.65. The molecule has 30 heavy (non-hydrogen) atoms. The molecule has 4 nitrogen and oxygen atoms in total. The third kappa shape index (κ3) is 13.7. The van der Waals surface area contributed by atoms with E-state index in [1.165, 1.54) is 16.7 Å². The van der Waals surface area contributed by atoms with Crippen LogP contribution in [0.3, 0.4) is 0 Å². The van der Waals surface area contributed by atoms with Gasteiger partial charge in [0.1, 0.15) is 6.04 Å². The summed E-state index contributed by atoms with van der Waals surface area (Å²) in [5.41, 5.74) is 4.12. The molecule has 0 aromatic carbocycles. The largest absolute Gasteiger partial charge is 0.480 e. The molecule has 0 aliphatic heterocycles. The zero-order valence-electron chi connectivity index (χ0n) is 20.1. The Kier molecular flexibility index (Phi) is 15.4. The molecule has 0 radical (unpaired) electrons. The summed E-state index contributed by atoms with van der Waals surface area (Å²) in [5, 5.41) is 12.1. The fraction of sp³-hybridized carbons (Fsp3) is 0.680. The van der Waals surface area contributed by atoms with E-state index in [0.29, 0.717) is 5.75 Å². The first-order valence-electron chi connectivity index (χ1n) is 11.1. The molecule has 1 amide bonds. The first-order chi connectivity index (χ1) is 14.1. The van der Waals surface area contributed by atoms with E-state index in [4.69, 9.17) is 0 Å². The lowest BCUT2D eigenvalue weighted by molar-refractivity contribution is -0.141. The van der Waals surface area contributed by atoms with Gasteiger partial charge >= 0.3 is 5.97 Å². The first-order valence-corrected chi connectivity index (χ1v) is 12.3. The van der Waals surface area contributed by atoms with Crippen molar-refractivity contribution in [3.63, 3.8) is 0 Å². The molecular formula is C25H43NO3S. The van der Waals surface area contributed by atoms with Crippen LogP contribution in [0.15, 0.2) is 34.9 Å². The SMILES string of the molecule is CC[C@H](C)C(C)C(=O)N[C@@H](CSC/C=C(\C)CC/C=C(\C)CCC=C(C)C)C(=O)O. The Labute approximate surface area is 188 Å². The molecule has 3 atom stereocenters. The quantitative estimate of drug-likeness (QED) is 0.230. The highest BCUT2D eigenvalue weighted by molar-refractivity contribution is 7.99. The predicted molar refractivity (Wildman–Crippen MR) is 131 cm³/mol. The lowest BCUT2D eigenvalue weighted by atomic mass is 9.93. The zero-order valence-corrected chi connectivity index (χ0v) is 20.9. The maximum atomic E-state index is 12.3. The average Bonchev–Trinajstić information content (AvgIpc) is 2.68. The summed E-state index contributed by atoms with van der Waals surface area (Å²) in [7, 11) is 0. The van der Waals surface area contributed by atoms with E-state index in [-0.39, 0.29) is 17.7 Å². The molecule has 0 heterocycles. The molecule has 5 heteroatoms. The van der Waals surface area contributed by atoms with E-state index in [1.807, 2.05) is 20.8 Å². The Hall–Kier alpha value is -1.49. The summed E-state index contributed by atoms with van der Waals surface area (Å²) in [4.78, 5) is 23.8. The number of aliphatic carboxylic acids is 1. The number of carbonyl (C=O) groups is 2. The number of carboxylic acids is 1. The van der Waals surface area contributed by atoms with Crippen LogP contribution in [0.5, 0.6) is 0 Å². The van der Waals surface area contributed by atoms with Crippen molar-refractivity contribution in [1.82, 2.24) is 5.32 Å². The average molecular weight is 438 g/mol. The van der Waals surface area contributed by atoms with Crippen LogP contribution in [-0.4, -0.2) is 34.5 Å². The van der Waals surface area contributed by atoms with E-state index in [2.05, 4.69) is 51.2 Å². The van der Waals surface area contributed by atoms with E-state index < -0.39 is 12.0 Å². The monoisotopic (exact) mass is 437 g/mol. The van der Waals surface area contributed by atoms with E-state index >= 15 is 0 Å². The second-order valence-electron chi connectivity index (χ2n) is 8.57. The highest BCUT2D eigenvalue weighted by atomic mass is 32.2. The fourth-order valence-electron chi connectivity index (χ4n) is 2.82. The number of carboxylic acid groups (broad SMARTS) is 1. The van der Waals surface area contributed by atoms with Crippen LogP contribution in [0.4, 0.5) is 0 Å². The minimum Gasteiger partial charge on any atom is -0.480 e. The number of amides is 1. The Balaban J connectivity index is 4.33. The fourth-order valence-corrected chi connectivity index (χ4v) is 3.82. The standard InChI is InChI=1S/C25H43NO3S/c1-8-21(6)22(7)24(27)26-23(25(28)29)17-30-16-15-20(5)14-10-13-19(4)12-9-11-18(2)3/h11,13,15,21-23H,8-10,12,14,16-17H2,1-7H3,(H,26,27)(H,28,29)/b19-13+,20-15+/t21-,22?,23-/m0/s1.